The zero-order valence-corrected chi connectivity index (χ0v) is 18.2. The van der Waals surface area contributed by atoms with E-state index < -0.39 is 0 Å². The summed E-state index contributed by atoms with van der Waals surface area (Å²) in [6.07, 6.45) is 0.478. The molecule has 0 amide bonds. The number of thioether (sulfide) groups is 1. The van der Waals surface area contributed by atoms with Crippen LogP contribution in [-0.2, 0) is 9.47 Å². The van der Waals surface area contributed by atoms with Crippen LogP contribution in [0.25, 0.3) is 21.5 Å². The third-order valence-corrected chi connectivity index (χ3v) is 7.10. The van der Waals surface area contributed by atoms with Crippen molar-refractivity contribution in [3.05, 3.63) is 96.1 Å². The molecule has 4 aromatic carbocycles. The first-order valence-corrected chi connectivity index (χ1v) is 11.7. The van der Waals surface area contributed by atoms with E-state index in [0.717, 1.165) is 33.7 Å². The lowest BCUT2D eigenvalue weighted by molar-refractivity contribution is 0.0221. The fourth-order valence-electron chi connectivity index (χ4n) is 4.00. The minimum Gasteiger partial charge on any atom is -0.461 e. The summed E-state index contributed by atoms with van der Waals surface area (Å²) in [5.74, 6) is 0.172. The summed E-state index contributed by atoms with van der Waals surface area (Å²) in [6.45, 7) is 0.214. The Morgan fingerprint density at radius 2 is 1.31 bits per heavy atom. The molecule has 4 nitrogen and oxygen atoms in total. The molecule has 5 heteroatoms. The number of hydrogen-bond donors (Lipinski definition) is 0. The normalized spacial score (nSPS) is 18.0. The monoisotopic (exact) mass is 442 g/mol. The van der Waals surface area contributed by atoms with Crippen LogP contribution in [0.5, 0.6) is 0 Å². The van der Waals surface area contributed by atoms with Crippen LogP contribution >= 0.6 is 11.8 Å². The maximum Gasteiger partial charge on any atom is 0.338 e. The molecule has 1 heterocycles. The second-order valence-corrected chi connectivity index (χ2v) is 9.21. The predicted molar refractivity (Wildman–Crippen MR) is 128 cm³/mol. The first-order chi connectivity index (χ1) is 15.7. The molecule has 0 aromatic heterocycles. The molecule has 0 radical (unpaired) electrons. The van der Waals surface area contributed by atoms with Crippen LogP contribution in [0.2, 0.25) is 0 Å². The molecule has 4 aromatic rings. The van der Waals surface area contributed by atoms with Gasteiger partial charge in [0.05, 0.1) is 16.4 Å². The summed E-state index contributed by atoms with van der Waals surface area (Å²) in [5.41, 5.74) is 1.06. The van der Waals surface area contributed by atoms with Crippen molar-refractivity contribution in [2.24, 2.45) is 0 Å². The summed E-state index contributed by atoms with van der Waals surface area (Å²) < 4.78 is 11.4. The molecule has 0 saturated carbocycles. The standard InChI is InChI=1S/C27H22O4S/c28-26(22-11-9-18-5-1-3-7-20(18)15-22)30-17-25-24(13-14-32-25)31-27(29)23-12-10-19-6-2-4-8-21(19)16-23/h1-12,15-16,24-25H,13-14,17H2/t24-,25+/m1/s1. The largest absolute Gasteiger partial charge is 0.461 e. The van der Waals surface area contributed by atoms with Gasteiger partial charge in [-0.1, -0.05) is 60.7 Å². The first-order valence-electron chi connectivity index (χ1n) is 10.6. The Morgan fingerprint density at radius 3 is 1.94 bits per heavy atom. The molecule has 1 aliphatic rings. The van der Waals surface area contributed by atoms with Gasteiger partial charge in [-0.3, -0.25) is 0 Å². The molecule has 1 fully saturated rings. The van der Waals surface area contributed by atoms with Gasteiger partial charge in [0, 0.05) is 0 Å². The average molecular weight is 443 g/mol. The van der Waals surface area contributed by atoms with E-state index in [1.807, 2.05) is 72.8 Å². The van der Waals surface area contributed by atoms with Gasteiger partial charge in [-0.2, -0.15) is 11.8 Å². The Kier molecular flexibility index (Phi) is 5.82. The Labute approximate surface area is 190 Å². The van der Waals surface area contributed by atoms with Crippen LogP contribution in [0, 0.1) is 0 Å². The Bertz CT molecular complexity index is 1300. The van der Waals surface area contributed by atoms with Crippen LogP contribution in [0.1, 0.15) is 27.1 Å². The maximum absolute atomic E-state index is 12.7. The number of carbonyl (C=O) groups is 2. The molecule has 2 atom stereocenters. The summed E-state index contributed by atoms with van der Waals surface area (Å²) in [6, 6.07) is 26.9. The van der Waals surface area contributed by atoms with E-state index in [0.29, 0.717) is 11.1 Å². The summed E-state index contributed by atoms with van der Waals surface area (Å²) in [5, 5.41) is 4.10. The molecule has 1 aliphatic heterocycles. The molecule has 160 valence electrons. The van der Waals surface area contributed by atoms with Crippen LogP contribution in [0.3, 0.4) is 0 Å². The van der Waals surface area contributed by atoms with Gasteiger partial charge in [-0.25, -0.2) is 9.59 Å². The van der Waals surface area contributed by atoms with Gasteiger partial charge in [0.2, 0.25) is 0 Å². The van der Waals surface area contributed by atoms with Gasteiger partial charge in [0.1, 0.15) is 12.7 Å². The molecule has 0 bridgehead atoms. The van der Waals surface area contributed by atoms with Gasteiger partial charge in [-0.05, 0) is 58.0 Å². The fraction of sp³-hybridized carbons (Fsp3) is 0.185. The lowest BCUT2D eigenvalue weighted by Gasteiger charge is -2.19. The van der Waals surface area contributed by atoms with Gasteiger partial charge in [0.25, 0.3) is 0 Å². The van der Waals surface area contributed by atoms with Crippen LogP contribution in [0.4, 0.5) is 0 Å². The van der Waals surface area contributed by atoms with Gasteiger partial charge in [-0.15, -0.1) is 0 Å². The van der Waals surface area contributed by atoms with Gasteiger partial charge < -0.3 is 9.47 Å². The molecule has 0 unspecified atom stereocenters. The highest BCUT2D eigenvalue weighted by molar-refractivity contribution is 8.00. The molecular formula is C27H22O4S. The molecule has 0 N–H and O–H groups in total. The summed E-state index contributed by atoms with van der Waals surface area (Å²) in [7, 11) is 0. The van der Waals surface area contributed by atoms with Gasteiger partial charge in [0.15, 0.2) is 0 Å². The highest BCUT2D eigenvalue weighted by Crippen LogP contribution is 2.31. The predicted octanol–water partition coefficient (Wildman–Crippen LogP) is 5.88. The summed E-state index contributed by atoms with van der Waals surface area (Å²) >= 11 is 1.68. The first kappa shape index (κ1) is 20.6. The molecule has 0 aliphatic carbocycles. The smallest absolute Gasteiger partial charge is 0.338 e. The lowest BCUT2D eigenvalue weighted by Crippen LogP contribution is -2.29. The van der Waals surface area contributed by atoms with Crippen LogP contribution in [0.15, 0.2) is 84.9 Å². The Hall–Kier alpha value is -3.31. The van der Waals surface area contributed by atoms with Crippen molar-refractivity contribution in [1.29, 1.82) is 0 Å². The minimum absolute atomic E-state index is 0.0659. The zero-order chi connectivity index (χ0) is 21.9. The van der Waals surface area contributed by atoms with E-state index in [2.05, 4.69) is 0 Å². The minimum atomic E-state index is -0.358. The van der Waals surface area contributed by atoms with Crippen LogP contribution < -0.4 is 0 Å². The van der Waals surface area contributed by atoms with Crippen molar-refractivity contribution in [2.45, 2.75) is 17.8 Å². The highest BCUT2D eigenvalue weighted by Gasteiger charge is 2.32. The number of benzene rings is 4. The quantitative estimate of drug-likeness (QED) is 0.361. The maximum atomic E-state index is 12.7. The van der Waals surface area contributed by atoms with Crippen molar-refractivity contribution < 1.29 is 19.1 Å². The molecular weight excluding hydrogens is 420 g/mol. The number of rotatable bonds is 5. The molecule has 1 saturated heterocycles. The van der Waals surface area contributed by atoms with Crippen molar-refractivity contribution in [2.75, 3.05) is 12.4 Å². The fourth-order valence-corrected chi connectivity index (χ4v) is 5.24. The number of fused-ring (bicyclic) bond motifs is 2. The van der Waals surface area contributed by atoms with E-state index in [4.69, 9.17) is 9.47 Å². The number of carbonyl (C=O) groups excluding carboxylic acids is 2. The van der Waals surface area contributed by atoms with Crippen LogP contribution in [-0.4, -0.2) is 35.7 Å². The highest BCUT2D eigenvalue weighted by atomic mass is 32.2. The van der Waals surface area contributed by atoms with E-state index in [-0.39, 0.29) is 29.9 Å². The molecule has 32 heavy (non-hydrogen) atoms. The zero-order valence-electron chi connectivity index (χ0n) is 17.4. The second kappa shape index (κ2) is 9.05. The third-order valence-electron chi connectivity index (χ3n) is 5.76. The molecule has 5 rings (SSSR count). The van der Waals surface area contributed by atoms with Gasteiger partial charge >= 0.3 is 11.9 Å². The molecule has 0 spiro atoms. The van der Waals surface area contributed by atoms with E-state index in [1.54, 1.807) is 23.9 Å². The topological polar surface area (TPSA) is 52.6 Å². The van der Waals surface area contributed by atoms with E-state index >= 15 is 0 Å². The van der Waals surface area contributed by atoms with Crippen molar-refractivity contribution in [1.82, 2.24) is 0 Å². The van der Waals surface area contributed by atoms with E-state index in [1.165, 1.54) is 0 Å². The Balaban J connectivity index is 1.22. The lowest BCUT2D eigenvalue weighted by atomic mass is 10.1. The van der Waals surface area contributed by atoms with Crippen molar-refractivity contribution >= 4 is 45.2 Å². The summed E-state index contributed by atoms with van der Waals surface area (Å²) in [4.78, 5) is 25.3. The second-order valence-electron chi connectivity index (χ2n) is 7.86. The van der Waals surface area contributed by atoms with Crippen molar-refractivity contribution in [3.8, 4) is 0 Å². The third kappa shape index (κ3) is 4.34. The number of ether oxygens (including phenoxy) is 2. The number of esters is 2. The van der Waals surface area contributed by atoms with E-state index in [9.17, 15) is 9.59 Å². The average Bonchev–Trinajstić information content (AvgIpc) is 3.28. The SMILES string of the molecule is O=C(OC[C@@H]1SCC[C@H]1OC(=O)c1ccc2ccccc2c1)c1ccc2ccccc2c1. The number of hydrogen-bond acceptors (Lipinski definition) is 5. The van der Waals surface area contributed by atoms with Crippen molar-refractivity contribution in [3.63, 3.8) is 0 Å². The Morgan fingerprint density at radius 1 is 0.750 bits per heavy atom.